The average Bonchev–Trinajstić information content (AvgIpc) is 3.62. The highest BCUT2D eigenvalue weighted by atomic mass is 16.5. The highest BCUT2D eigenvalue weighted by Crippen LogP contribution is 2.23. The number of hydrogen-bond donors (Lipinski definition) is 2. The van der Waals surface area contributed by atoms with Crippen molar-refractivity contribution in [2.24, 2.45) is 5.10 Å². The molecule has 2 aromatic heterocycles. The van der Waals surface area contributed by atoms with Crippen molar-refractivity contribution in [3.8, 4) is 11.4 Å². The van der Waals surface area contributed by atoms with E-state index in [0.29, 0.717) is 23.6 Å². The van der Waals surface area contributed by atoms with Crippen LogP contribution in [0.15, 0.2) is 66.2 Å². The van der Waals surface area contributed by atoms with Gasteiger partial charge in [0.1, 0.15) is 12.1 Å². The second-order valence-corrected chi connectivity index (χ2v) is 8.87. The van der Waals surface area contributed by atoms with Crippen molar-refractivity contribution in [2.45, 2.75) is 19.3 Å². The summed E-state index contributed by atoms with van der Waals surface area (Å²) in [6, 6.07) is 14.9. The number of benzene rings is 2. The van der Waals surface area contributed by atoms with Crippen molar-refractivity contribution in [3.05, 3.63) is 72.2 Å². The molecule has 0 saturated carbocycles. The number of hydrogen-bond acceptors (Lipinski definition) is 8. The molecule has 10 nitrogen and oxygen atoms in total. The molecule has 1 aliphatic heterocycles. The molecule has 0 radical (unpaired) electrons. The van der Waals surface area contributed by atoms with Gasteiger partial charge in [0.15, 0.2) is 11.5 Å². The quantitative estimate of drug-likeness (QED) is 0.196. The summed E-state index contributed by atoms with van der Waals surface area (Å²) in [6.07, 6.45) is 8.39. The average molecular weight is 499 g/mol. The molecule has 37 heavy (non-hydrogen) atoms. The Morgan fingerprint density at radius 1 is 1.14 bits per heavy atom. The van der Waals surface area contributed by atoms with Crippen LogP contribution in [-0.4, -0.2) is 70.1 Å². The number of rotatable bonds is 10. The van der Waals surface area contributed by atoms with Crippen LogP contribution >= 0.6 is 0 Å². The number of anilines is 1. The molecule has 1 amide bonds. The number of likely N-dealkylation sites (tertiary alicyclic amines) is 1. The number of aromatic nitrogens is 4. The molecular weight excluding hydrogens is 468 g/mol. The van der Waals surface area contributed by atoms with Crippen LogP contribution in [0.1, 0.15) is 35.2 Å². The molecule has 1 aliphatic rings. The third kappa shape index (κ3) is 5.92. The summed E-state index contributed by atoms with van der Waals surface area (Å²) in [6.45, 7) is 4.09. The molecular formula is C27H30N8O2. The lowest BCUT2D eigenvalue weighted by atomic mass is 10.1. The van der Waals surface area contributed by atoms with Crippen LogP contribution in [-0.2, 0) is 0 Å². The fraction of sp³-hybridized carbons (Fsp3) is 0.296. The van der Waals surface area contributed by atoms with E-state index in [1.807, 2.05) is 36.4 Å². The molecule has 190 valence electrons. The molecule has 10 heteroatoms. The Kier molecular flexibility index (Phi) is 7.66. The van der Waals surface area contributed by atoms with Crippen LogP contribution in [0.3, 0.4) is 0 Å². The first kappa shape index (κ1) is 24.4. The summed E-state index contributed by atoms with van der Waals surface area (Å²) in [5.74, 6) is 1.22. The smallest absolute Gasteiger partial charge is 0.251 e. The largest absolute Gasteiger partial charge is 0.497 e. The summed E-state index contributed by atoms with van der Waals surface area (Å²) in [4.78, 5) is 23.6. The number of methoxy groups -OCH3 is 1. The van der Waals surface area contributed by atoms with Crippen LogP contribution in [0.2, 0.25) is 0 Å². The maximum absolute atomic E-state index is 12.4. The van der Waals surface area contributed by atoms with Crippen LogP contribution in [0, 0.1) is 0 Å². The van der Waals surface area contributed by atoms with E-state index >= 15 is 0 Å². The highest BCUT2D eigenvalue weighted by Gasteiger charge is 2.12. The van der Waals surface area contributed by atoms with Crippen LogP contribution < -0.4 is 15.5 Å². The van der Waals surface area contributed by atoms with E-state index in [2.05, 4.69) is 35.8 Å². The van der Waals surface area contributed by atoms with E-state index in [4.69, 9.17) is 4.74 Å². The first-order chi connectivity index (χ1) is 18.2. The molecule has 0 aliphatic carbocycles. The van der Waals surface area contributed by atoms with Gasteiger partial charge in [-0.2, -0.15) is 10.2 Å². The van der Waals surface area contributed by atoms with Gasteiger partial charge in [-0.15, -0.1) is 0 Å². The van der Waals surface area contributed by atoms with E-state index in [0.717, 1.165) is 35.4 Å². The van der Waals surface area contributed by atoms with Gasteiger partial charge in [0, 0.05) is 18.2 Å². The zero-order valence-electron chi connectivity index (χ0n) is 20.8. The van der Waals surface area contributed by atoms with Crippen LogP contribution in [0.25, 0.3) is 16.7 Å². The van der Waals surface area contributed by atoms with Crippen LogP contribution in [0.5, 0.6) is 5.75 Å². The number of ether oxygens (including phenoxy) is 1. The third-order valence-electron chi connectivity index (χ3n) is 6.36. The summed E-state index contributed by atoms with van der Waals surface area (Å²) in [7, 11) is 1.63. The normalized spacial score (nSPS) is 13.9. The van der Waals surface area contributed by atoms with Gasteiger partial charge >= 0.3 is 0 Å². The standard InChI is InChI=1S/C27H30N8O2/c1-37-23-7-4-6-22(16-23)35-26-24(18-32-35)25(29-19-30-26)33-31-17-20-8-10-21(11-9-20)27(36)28-12-5-15-34-13-2-3-14-34/h4,6-11,16-19H,2-3,5,12-15H2,1H3,(H,28,36)(H,29,30,33)/b31-17+. The number of carbonyl (C=O) groups excluding carboxylic acids is 1. The molecule has 0 unspecified atom stereocenters. The minimum absolute atomic E-state index is 0.0561. The maximum Gasteiger partial charge on any atom is 0.251 e. The van der Waals surface area contributed by atoms with Crippen molar-refractivity contribution in [2.75, 3.05) is 38.7 Å². The van der Waals surface area contributed by atoms with Gasteiger partial charge in [0.25, 0.3) is 5.91 Å². The molecule has 5 rings (SSSR count). The van der Waals surface area contributed by atoms with E-state index in [9.17, 15) is 4.79 Å². The van der Waals surface area contributed by atoms with Gasteiger partial charge in [-0.05, 0) is 68.7 Å². The third-order valence-corrected chi connectivity index (χ3v) is 6.36. The second kappa shape index (κ2) is 11.6. The zero-order valence-corrected chi connectivity index (χ0v) is 20.8. The van der Waals surface area contributed by atoms with Gasteiger partial charge < -0.3 is 15.0 Å². The van der Waals surface area contributed by atoms with Crippen LogP contribution in [0.4, 0.5) is 5.82 Å². The van der Waals surface area contributed by atoms with Gasteiger partial charge in [0.05, 0.1) is 30.6 Å². The van der Waals surface area contributed by atoms with Crippen molar-refractivity contribution in [3.63, 3.8) is 0 Å². The number of carbonyl (C=O) groups is 1. The molecule has 2 aromatic carbocycles. The maximum atomic E-state index is 12.4. The van der Waals surface area contributed by atoms with Gasteiger partial charge in [-0.1, -0.05) is 18.2 Å². The molecule has 2 N–H and O–H groups in total. The summed E-state index contributed by atoms with van der Waals surface area (Å²) < 4.78 is 7.04. The lowest BCUT2D eigenvalue weighted by Gasteiger charge is -2.14. The monoisotopic (exact) mass is 498 g/mol. The molecule has 4 aromatic rings. The van der Waals surface area contributed by atoms with Crippen molar-refractivity contribution in [1.82, 2.24) is 30.0 Å². The van der Waals surface area contributed by atoms with Gasteiger partial charge in [-0.3, -0.25) is 10.2 Å². The lowest BCUT2D eigenvalue weighted by Crippen LogP contribution is -2.28. The molecule has 0 bridgehead atoms. The fourth-order valence-electron chi connectivity index (χ4n) is 4.37. The summed E-state index contributed by atoms with van der Waals surface area (Å²) >= 11 is 0. The Morgan fingerprint density at radius 2 is 1.97 bits per heavy atom. The van der Waals surface area contributed by atoms with Crippen molar-refractivity contribution >= 4 is 29.0 Å². The molecule has 1 saturated heterocycles. The zero-order chi connectivity index (χ0) is 25.5. The summed E-state index contributed by atoms with van der Waals surface area (Å²) in [5.41, 5.74) is 5.95. The van der Waals surface area contributed by atoms with Gasteiger partial charge in [-0.25, -0.2) is 14.6 Å². The number of hydrazone groups is 1. The predicted octanol–water partition coefficient (Wildman–Crippen LogP) is 3.49. The number of nitrogens with zero attached hydrogens (tertiary/aromatic N) is 6. The van der Waals surface area contributed by atoms with E-state index < -0.39 is 0 Å². The number of amides is 1. The SMILES string of the molecule is COc1cccc(-n2ncc3c(N/N=C/c4ccc(C(=O)NCCCN5CCCC5)cc4)ncnc32)c1. The van der Waals surface area contributed by atoms with E-state index in [1.165, 1.54) is 32.3 Å². The molecule has 1 fully saturated rings. The van der Waals surface area contributed by atoms with E-state index in [-0.39, 0.29) is 5.91 Å². The Hall–Kier alpha value is -4.31. The summed E-state index contributed by atoms with van der Waals surface area (Å²) in [5, 5.41) is 12.5. The first-order valence-corrected chi connectivity index (χ1v) is 12.4. The van der Waals surface area contributed by atoms with Crippen molar-refractivity contribution in [1.29, 1.82) is 0 Å². The lowest BCUT2D eigenvalue weighted by molar-refractivity contribution is 0.0952. The molecule has 0 atom stereocenters. The highest BCUT2D eigenvalue weighted by molar-refractivity contribution is 5.95. The van der Waals surface area contributed by atoms with E-state index in [1.54, 1.807) is 36.3 Å². The van der Waals surface area contributed by atoms with Gasteiger partial charge in [0.2, 0.25) is 0 Å². The number of fused-ring (bicyclic) bond motifs is 1. The molecule has 3 heterocycles. The Labute approximate surface area is 215 Å². The first-order valence-electron chi connectivity index (χ1n) is 12.4. The Morgan fingerprint density at radius 3 is 2.78 bits per heavy atom. The predicted molar refractivity (Wildman–Crippen MR) is 143 cm³/mol. The minimum Gasteiger partial charge on any atom is -0.497 e. The molecule has 0 spiro atoms. The second-order valence-electron chi connectivity index (χ2n) is 8.87. The topological polar surface area (TPSA) is 110 Å². The fourth-order valence-corrected chi connectivity index (χ4v) is 4.37. The van der Waals surface area contributed by atoms with Crippen molar-refractivity contribution < 1.29 is 9.53 Å². The Balaban J connectivity index is 1.18. The minimum atomic E-state index is -0.0561. The Bertz CT molecular complexity index is 1380. The number of nitrogens with one attached hydrogen (secondary N) is 2.